The minimum absolute atomic E-state index is 0.587. The Kier molecular flexibility index (Phi) is 5.19. The maximum atomic E-state index is 5.47. The van der Waals surface area contributed by atoms with E-state index in [1.165, 1.54) is 0 Å². The van der Waals surface area contributed by atoms with Gasteiger partial charge >= 0.3 is 0 Å². The van der Waals surface area contributed by atoms with Crippen LogP contribution in [-0.4, -0.2) is 29.7 Å². The highest BCUT2D eigenvalue weighted by atomic mass is 16.5. The molecule has 1 N–H and O–H groups in total. The SMILES string of the molecule is Cc1cc(NCCOCC(C)C)nc(C)n1. The molecule has 0 spiro atoms. The van der Waals surface area contributed by atoms with E-state index in [9.17, 15) is 0 Å². The highest BCUT2D eigenvalue weighted by Gasteiger charge is 1.98. The predicted molar refractivity (Wildman–Crippen MR) is 65.7 cm³/mol. The molecule has 1 aromatic rings. The molecule has 0 saturated heterocycles. The van der Waals surface area contributed by atoms with Gasteiger partial charge in [-0.1, -0.05) is 13.8 Å². The molecular formula is C12H21N3O. The first-order valence-electron chi connectivity index (χ1n) is 5.72. The lowest BCUT2D eigenvalue weighted by molar-refractivity contribution is 0.118. The number of ether oxygens (including phenoxy) is 1. The van der Waals surface area contributed by atoms with Gasteiger partial charge in [-0.2, -0.15) is 0 Å². The molecule has 0 amide bonds. The Balaban J connectivity index is 2.26. The molecule has 0 aromatic carbocycles. The Morgan fingerprint density at radius 3 is 2.69 bits per heavy atom. The van der Waals surface area contributed by atoms with E-state index in [0.717, 1.165) is 30.5 Å². The van der Waals surface area contributed by atoms with Gasteiger partial charge in [-0.05, 0) is 19.8 Å². The van der Waals surface area contributed by atoms with E-state index < -0.39 is 0 Å². The quantitative estimate of drug-likeness (QED) is 0.751. The number of aromatic nitrogens is 2. The van der Waals surface area contributed by atoms with Crippen molar-refractivity contribution < 1.29 is 4.74 Å². The van der Waals surface area contributed by atoms with Crippen LogP contribution in [0, 0.1) is 19.8 Å². The summed E-state index contributed by atoms with van der Waals surface area (Å²) in [6.07, 6.45) is 0. The number of anilines is 1. The molecule has 4 heteroatoms. The summed E-state index contributed by atoms with van der Waals surface area (Å²) in [5.74, 6) is 2.26. The van der Waals surface area contributed by atoms with Crippen LogP contribution in [0.25, 0.3) is 0 Å². The molecule has 4 nitrogen and oxygen atoms in total. The van der Waals surface area contributed by atoms with Gasteiger partial charge < -0.3 is 10.1 Å². The van der Waals surface area contributed by atoms with Gasteiger partial charge in [-0.25, -0.2) is 9.97 Å². The van der Waals surface area contributed by atoms with Crippen LogP contribution in [0.5, 0.6) is 0 Å². The van der Waals surface area contributed by atoms with Gasteiger partial charge in [-0.15, -0.1) is 0 Å². The predicted octanol–water partition coefficient (Wildman–Crippen LogP) is 2.18. The summed E-state index contributed by atoms with van der Waals surface area (Å²) in [7, 11) is 0. The van der Waals surface area contributed by atoms with Gasteiger partial charge in [0.05, 0.1) is 6.61 Å². The minimum Gasteiger partial charge on any atom is -0.379 e. The third kappa shape index (κ3) is 5.07. The highest BCUT2D eigenvalue weighted by Crippen LogP contribution is 2.04. The van der Waals surface area contributed by atoms with Gasteiger partial charge in [0.25, 0.3) is 0 Å². The fraction of sp³-hybridized carbons (Fsp3) is 0.667. The van der Waals surface area contributed by atoms with E-state index in [1.54, 1.807) is 0 Å². The lowest BCUT2D eigenvalue weighted by Gasteiger charge is -2.09. The van der Waals surface area contributed by atoms with Crippen LogP contribution >= 0.6 is 0 Å². The lowest BCUT2D eigenvalue weighted by Crippen LogP contribution is -2.13. The van der Waals surface area contributed by atoms with Crippen molar-refractivity contribution in [3.8, 4) is 0 Å². The average molecular weight is 223 g/mol. The summed E-state index contributed by atoms with van der Waals surface area (Å²) >= 11 is 0. The lowest BCUT2D eigenvalue weighted by atomic mass is 10.2. The van der Waals surface area contributed by atoms with Gasteiger partial charge in [0.15, 0.2) is 0 Å². The molecule has 0 aliphatic rings. The average Bonchev–Trinajstić information content (AvgIpc) is 2.15. The van der Waals surface area contributed by atoms with E-state index in [1.807, 2.05) is 19.9 Å². The van der Waals surface area contributed by atoms with Crippen LogP contribution in [0.15, 0.2) is 6.07 Å². The molecule has 0 saturated carbocycles. The van der Waals surface area contributed by atoms with Crippen molar-refractivity contribution in [2.45, 2.75) is 27.7 Å². The van der Waals surface area contributed by atoms with Crippen LogP contribution in [0.2, 0.25) is 0 Å². The molecule has 90 valence electrons. The molecular weight excluding hydrogens is 202 g/mol. The van der Waals surface area contributed by atoms with Crippen molar-refractivity contribution in [3.63, 3.8) is 0 Å². The van der Waals surface area contributed by atoms with E-state index in [0.29, 0.717) is 12.5 Å². The van der Waals surface area contributed by atoms with Crippen molar-refractivity contribution >= 4 is 5.82 Å². The zero-order valence-corrected chi connectivity index (χ0v) is 10.6. The van der Waals surface area contributed by atoms with Crippen molar-refractivity contribution in [2.24, 2.45) is 5.92 Å². The summed E-state index contributed by atoms with van der Waals surface area (Å²) in [5.41, 5.74) is 0.984. The fourth-order valence-electron chi connectivity index (χ4n) is 1.38. The standard InChI is InChI=1S/C12H21N3O/c1-9(2)8-16-6-5-13-12-7-10(3)14-11(4)15-12/h7,9H,5-6,8H2,1-4H3,(H,13,14,15). The van der Waals surface area contributed by atoms with Crippen molar-refractivity contribution in [1.29, 1.82) is 0 Å². The second kappa shape index (κ2) is 6.43. The number of hydrogen-bond donors (Lipinski definition) is 1. The Bertz CT molecular complexity index is 306. The zero-order valence-electron chi connectivity index (χ0n) is 10.6. The summed E-state index contributed by atoms with van der Waals surface area (Å²) in [4.78, 5) is 8.51. The molecule has 0 bridgehead atoms. The highest BCUT2D eigenvalue weighted by molar-refractivity contribution is 5.35. The van der Waals surface area contributed by atoms with Crippen molar-refractivity contribution in [1.82, 2.24) is 9.97 Å². The fourth-order valence-corrected chi connectivity index (χ4v) is 1.38. The molecule has 0 aliphatic carbocycles. The van der Waals surface area contributed by atoms with Gasteiger partial charge in [-0.3, -0.25) is 0 Å². The molecule has 0 unspecified atom stereocenters. The van der Waals surface area contributed by atoms with Crippen molar-refractivity contribution in [2.75, 3.05) is 25.1 Å². The minimum atomic E-state index is 0.587. The zero-order chi connectivity index (χ0) is 12.0. The van der Waals surface area contributed by atoms with Crippen LogP contribution < -0.4 is 5.32 Å². The number of rotatable bonds is 6. The Hall–Kier alpha value is -1.16. The third-order valence-electron chi connectivity index (χ3n) is 1.97. The molecule has 0 radical (unpaired) electrons. The first-order valence-corrected chi connectivity index (χ1v) is 5.72. The van der Waals surface area contributed by atoms with Crippen LogP contribution in [-0.2, 0) is 4.74 Å². The van der Waals surface area contributed by atoms with E-state index in [2.05, 4.69) is 29.1 Å². The van der Waals surface area contributed by atoms with Gasteiger partial charge in [0.2, 0.25) is 0 Å². The van der Waals surface area contributed by atoms with Gasteiger partial charge in [0.1, 0.15) is 11.6 Å². The number of nitrogens with one attached hydrogen (secondary N) is 1. The molecule has 16 heavy (non-hydrogen) atoms. The Morgan fingerprint density at radius 2 is 2.06 bits per heavy atom. The molecule has 1 aromatic heterocycles. The summed E-state index contributed by atoms with van der Waals surface area (Å²) in [5, 5.41) is 3.22. The number of hydrogen-bond acceptors (Lipinski definition) is 4. The van der Waals surface area contributed by atoms with Crippen LogP contribution in [0.1, 0.15) is 25.4 Å². The summed E-state index contributed by atoms with van der Waals surface area (Å²) in [6, 6.07) is 1.94. The smallest absolute Gasteiger partial charge is 0.129 e. The monoisotopic (exact) mass is 223 g/mol. The van der Waals surface area contributed by atoms with Crippen LogP contribution in [0.3, 0.4) is 0 Å². The van der Waals surface area contributed by atoms with E-state index in [4.69, 9.17) is 4.74 Å². The first kappa shape index (κ1) is 12.9. The molecule has 1 rings (SSSR count). The largest absolute Gasteiger partial charge is 0.379 e. The van der Waals surface area contributed by atoms with Crippen molar-refractivity contribution in [3.05, 3.63) is 17.6 Å². The molecule has 0 atom stereocenters. The molecule has 0 fully saturated rings. The molecule has 1 heterocycles. The summed E-state index contributed by atoms with van der Waals surface area (Å²) in [6.45, 7) is 10.4. The first-order chi connectivity index (χ1) is 7.58. The summed E-state index contributed by atoms with van der Waals surface area (Å²) < 4.78 is 5.47. The number of aryl methyl sites for hydroxylation is 2. The number of nitrogens with zero attached hydrogens (tertiary/aromatic N) is 2. The molecule has 0 aliphatic heterocycles. The van der Waals surface area contributed by atoms with Crippen LogP contribution in [0.4, 0.5) is 5.82 Å². The maximum Gasteiger partial charge on any atom is 0.129 e. The maximum absolute atomic E-state index is 5.47. The topological polar surface area (TPSA) is 47.0 Å². The third-order valence-corrected chi connectivity index (χ3v) is 1.97. The Labute approximate surface area is 97.5 Å². The van der Waals surface area contributed by atoms with E-state index >= 15 is 0 Å². The van der Waals surface area contributed by atoms with Gasteiger partial charge in [0, 0.05) is 24.9 Å². The van der Waals surface area contributed by atoms with E-state index in [-0.39, 0.29) is 0 Å². The Morgan fingerprint density at radius 1 is 1.31 bits per heavy atom. The normalized spacial score (nSPS) is 10.8. The second-order valence-corrected chi connectivity index (χ2v) is 4.34. The second-order valence-electron chi connectivity index (χ2n) is 4.34.